The van der Waals surface area contributed by atoms with Crippen LogP contribution in [-0.4, -0.2) is 59.3 Å². The summed E-state index contributed by atoms with van der Waals surface area (Å²) in [5, 5.41) is 7.12. The summed E-state index contributed by atoms with van der Waals surface area (Å²) in [7, 11) is 1.77. The van der Waals surface area contributed by atoms with Crippen molar-refractivity contribution < 1.29 is 32.6 Å². The normalized spacial score (nSPS) is 18.7. The average molecular weight is 438 g/mol. The van der Waals surface area contributed by atoms with Gasteiger partial charge in [-0.2, -0.15) is 13.2 Å². The van der Waals surface area contributed by atoms with Gasteiger partial charge in [0.15, 0.2) is 0 Å². The summed E-state index contributed by atoms with van der Waals surface area (Å²) in [6.45, 7) is 3.41. The van der Waals surface area contributed by atoms with E-state index in [1.807, 2.05) is 24.0 Å². The number of aliphatic carboxylic acids is 1. The molecule has 1 amide bonds. The average Bonchev–Trinajstić information content (AvgIpc) is 2.73. The molecule has 6 nitrogen and oxygen atoms in total. The molecule has 168 valence electrons. The number of methoxy groups -OCH3 is 1. The Labute approximate surface area is 178 Å². The Hall–Kier alpha value is -2.94. The maximum atomic E-state index is 12.8. The van der Waals surface area contributed by atoms with Gasteiger partial charge in [0.1, 0.15) is 0 Å². The molecule has 1 aliphatic heterocycles. The first kappa shape index (κ1) is 24.3. The summed E-state index contributed by atoms with van der Waals surface area (Å²) < 4.78 is 37.4. The molecule has 2 heterocycles. The highest BCUT2D eigenvalue weighted by atomic mass is 19.4. The van der Waals surface area contributed by atoms with Crippen molar-refractivity contribution in [2.24, 2.45) is 5.92 Å². The fourth-order valence-corrected chi connectivity index (χ4v) is 3.47. The van der Waals surface area contributed by atoms with Crippen molar-refractivity contribution in [3.8, 4) is 0 Å². The molecule has 1 aliphatic rings. The molecule has 1 N–H and O–H groups in total. The minimum atomic E-state index is -5.08. The molecule has 0 unspecified atom stereocenters. The Morgan fingerprint density at radius 2 is 1.87 bits per heavy atom. The van der Waals surface area contributed by atoms with Gasteiger partial charge in [0.05, 0.1) is 11.7 Å². The Bertz CT molecular complexity index is 875. The Kier molecular flexibility index (Phi) is 8.56. The first-order valence-electron chi connectivity index (χ1n) is 9.69. The molecule has 1 aromatic heterocycles. The fraction of sp³-hybridized carbons (Fsp3) is 0.409. The molecule has 9 heteroatoms. The quantitative estimate of drug-likeness (QED) is 0.787. The van der Waals surface area contributed by atoms with Crippen LogP contribution in [0.5, 0.6) is 0 Å². The molecule has 2 atom stereocenters. The summed E-state index contributed by atoms with van der Waals surface area (Å²) in [6.07, 6.45) is 0.342. The van der Waals surface area contributed by atoms with Crippen molar-refractivity contribution in [1.82, 2.24) is 9.88 Å². The molecule has 0 spiro atoms. The van der Waals surface area contributed by atoms with E-state index in [2.05, 4.69) is 29.2 Å². The van der Waals surface area contributed by atoms with Gasteiger partial charge in [-0.3, -0.25) is 9.78 Å². The highest BCUT2D eigenvalue weighted by Crippen LogP contribution is 2.25. The zero-order valence-electron chi connectivity index (χ0n) is 17.3. The van der Waals surface area contributed by atoms with Crippen molar-refractivity contribution >= 4 is 11.9 Å². The first-order valence-corrected chi connectivity index (χ1v) is 9.69. The Morgan fingerprint density at radius 3 is 2.42 bits per heavy atom. The number of nitrogens with zero attached hydrogens (tertiary/aromatic N) is 2. The zero-order chi connectivity index (χ0) is 23.0. The van der Waals surface area contributed by atoms with Gasteiger partial charge in [-0.1, -0.05) is 30.3 Å². The lowest BCUT2D eigenvalue weighted by atomic mass is 9.88. The van der Waals surface area contributed by atoms with Crippen LogP contribution in [0.25, 0.3) is 0 Å². The zero-order valence-corrected chi connectivity index (χ0v) is 17.3. The van der Waals surface area contributed by atoms with E-state index in [1.54, 1.807) is 19.5 Å². The number of carbonyl (C=O) groups excluding carboxylic acids is 1. The van der Waals surface area contributed by atoms with E-state index in [-0.39, 0.29) is 12.0 Å². The van der Waals surface area contributed by atoms with Crippen LogP contribution in [0.2, 0.25) is 0 Å². The standard InChI is InChI=1S/C20H24N2O2.C2HF3O2/c1-15-10-17(13-21-12-15)20(23)22-9-8-19(24-2)18(14-22)11-16-6-4-3-5-7-16;3-2(4,5)1(6)7/h3-7,10,12-13,18-19H,8-9,11,14H2,1-2H3;(H,6,7)/t18-,19+;/m0./s1. The highest BCUT2D eigenvalue weighted by molar-refractivity contribution is 5.94. The number of pyridine rings is 1. The second kappa shape index (κ2) is 10.9. The number of piperidine rings is 1. The second-order valence-electron chi connectivity index (χ2n) is 7.32. The topological polar surface area (TPSA) is 79.7 Å². The van der Waals surface area contributed by atoms with E-state index >= 15 is 0 Å². The lowest BCUT2D eigenvalue weighted by Gasteiger charge is -2.38. The van der Waals surface area contributed by atoms with Crippen LogP contribution in [0.3, 0.4) is 0 Å². The second-order valence-corrected chi connectivity index (χ2v) is 7.32. The molecule has 0 bridgehead atoms. The number of rotatable bonds is 4. The molecular weight excluding hydrogens is 413 g/mol. The monoisotopic (exact) mass is 438 g/mol. The SMILES string of the molecule is CO[C@@H]1CCN(C(=O)c2cncc(C)c2)C[C@@H]1Cc1ccccc1.O=C(O)C(F)(F)F. The summed E-state index contributed by atoms with van der Waals surface area (Å²) in [4.78, 5) is 27.8. The number of likely N-dealkylation sites (tertiary alicyclic amines) is 1. The van der Waals surface area contributed by atoms with Gasteiger partial charge in [-0.05, 0) is 37.0 Å². The summed E-state index contributed by atoms with van der Waals surface area (Å²) in [6, 6.07) is 12.3. The molecule has 3 rings (SSSR count). The highest BCUT2D eigenvalue weighted by Gasteiger charge is 2.38. The van der Waals surface area contributed by atoms with E-state index in [0.29, 0.717) is 11.5 Å². The van der Waals surface area contributed by atoms with Gasteiger partial charge in [-0.15, -0.1) is 0 Å². The fourth-order valence-electron chi connectivity index (χ4n) is 3.47. The Morgan fingerprint density at radius 1 is 1.23 bits per heavy atom. The van der Waals surface area contributed by atoms with Crippen molar-refractivity contribution in [3.63, 3.8) is 0 Å². The first-order chi connectivity index (χ1) is 14.6. The molecule has 1 fully saturated rings. The molecular formula is C22H25F3N2O4. The summed E-state index contributed by atoms with van der Waals surface area (Å²) in [5.74, 6) is -2.38. The van der Waals surface area contributed by atoms with Crippen molar-refractivity contribution in [2.75, 3.05) is 20.2 Å². The third-order valence-electron chi connectivity index (χ3n) is 4.96. The number of carbonyl (C=O) groups is 2. The van der Waals surface area contributed by atoms with Gasteiger partial charge >= 0.3 is 12.1 Å². The molecule has 1 saturated heterocycles. The predicted molar refractivity (Wildman–Crippen MR) is 108 cm³/mol. The van der Waals surface area contributed by atoms with Crippen LogP contribution in [0.15, 0.2) is 48.8 Å². The Balaban J connectivity index is 0.000000423. The lowest BCUT2D eigenvalue weighted by Crippen LogP contribution is -2.47. The molecule has 1 aromatic carbocycles. The number of aromatic nitrogens is 1. The van der Waals surface area contributed by atoms with E-state index in [0.717, 1.165) is 31.5 Å². The van der Waals surface area contributed by atoms with Crippen LogP contribution < -0.4 is 0 Å². The number of ether oxygens (including phenoxy) is 1. The summed E-state index contributed by atoms with van der Waals surface area (Å²) in [5.41, 5.74) is 2.97. The third-order valence-corrected chi connectivity index (χ3v) is 4.96. The van der Waals surface area contributed by atoms with Crippen LogP contribution in [0.1, 0.15) is 27.9 Å². The van der Waals surface area contributed by atoms with Crippen molar-refractivity contribution in [2.45, 2.75) is 32.0 Å². The van der Waals surface area contributed by atoms with Gasteiger partial charge in [-0.25, -0.2) is 4.79 Å². The molecule has 2 aromatic rings. The molecule has 31 heavy (non-hydrogen) atoms. The van der Waals surface area contributed by atoms with Crippen LogP contribution >= 0.6 is 0 Å². The number of carboxylic acids is 1. The van der Waals surface area contributed by atoms with Gasteiger partial charge in [0.2, 0.25) is 0 Å². The van der Waals surface area contributed by atoms with Crippen LogP contribution in [0, 0.1) is 12.8 Å². The van der Waals surface area contributed by atoms with Gasteiger partial charge in [0.25, 0.3) is 5.91 Å². The number of amides is 1. The maximum Gasteiger partial charge on any atom is 0.490 e. The molecule has 0 radical (unpaired) electrons. The van der Waals surface area contributed by atoms with E-state index in [9.17, 15) is 18.0 Å². The maximum absolute atomic E-state index is 12.8. The number of aryl methyl sites for hydroxylation is 1. The number of carboxylic acid groups (broad SMARTS) is 1. The van der Waals surface area contributed by atoms with Crippen molar-refractivity contribution in [1.29, 1.82) is 0 Å². The van der Waals surface area contributed by atoms with E-state index < -0.39 is 12.1 Å². The number of halogens is 3. The predicted octanol–water partition coefficient (Wildman–Crippen LogP) is 3.74. The van der Waals surface area contributed by atoms with Gasteiger partial charge < -0.3 is 14.7 Å². The van der Waals surface area contributed by atoms with Gasteiger partial charge in [0, 0.05) is 38.5 Å². The van der Waals surface area contributed by atoms with E-state index in [4.69, 9.17) is 14.6 Å². The number of benzene rings is 1. The third kappa shape index (κ3) is 7.36. The van der Waals surface area contributed by atoms with Crippen molar-refractivity contribution in [3.05, 3.63) is 65.5 Å². The number of alkyl halides is 3. The minimum absolute atomic E-state index is 0.0683. The largest absolute Gasteiger partial charge is 0.490 e. The lowest BCUT2D eigenvalue weighted by molar-refractivity contribution is -0.192. The van der Waals surface area contributed by atoms with Crippen LogP contribution in [-0.2, 0) is 16.0 Å². The molecule has 0 saturated carbocycles. The van der Waals surface area contributed by atoms with Crippen LogP contribution in [0.4, 0.5) is 13.2 Å². The van der Waals surface area contributed by atoms with E-state index in [1.165, 1.54) is 5.56 Å². The minimum Gasteiger partial charge on any atom is -0.475 e. The smallest absolute Gasteiger partial charge is 0.475 e. The number of hydrogen-bond acceptors (Lipinski definition) is 4. The molecule has 0 aliphatic carbocycles. The summed E-state index contributed by atoms with van der Waals surface area (Å²) >= 11 is 0. The number of hydrogen-bond donors (Lipinski definition) is 1.